The number of aromatic nitrogens is 2. The van der Waals surface area contributed by atoms with Gasteiger partial charge in [0, 0.05) is 12.0 Å². The highest BCUT2D eigenvalue weighted by molar-refractivity contribution is 7.15. The fraction of sp³-hybridized carbons (Fsp3) is 0.250. The van der Waals surface area contributed by atoms with E-state index < -0.39 is 0 Å². The number of carbonyl (C=O) groups excluding carboxylic acids is 1. The summed E-state index contributed by atoms with van der Waals surface area (Å²) in [6.45, 7) is 6.46. The van der Waals surface area contributed by atoms with Crippen LogP contribution in [-0.2, 0) is 6.42 Å². The van der Waals surface area contributed by atoms with Crippen molar-refractivity contribution in [2.24, 2.45) is 5.41 Å². The van der Waals surface area contributed by atoms with Gasteiger partial charge in [-0.2, -0.15) is 0 Å². The summed E-state index contributed by atoms with van der Waals surface area (Å²) in [5.41, 5.74) is 2.96. The first-order valence-electron chi connectivity index (χ1n) is 8.20. The molecule has 0 spiro atoms. The molecular formula is C20H21N3OS. The van der Waals surface area contributed by atoms with E-state index in [1.165, 1.54) is 11.3 Å². The summed E-state index contributed by atoms with van der Waals surface area (Å²) in [4.78, 5) is 12.4. The Balaban J connectivity index is 1.67. The summed E-state index contributed by atoms with van der Waals surface area (Å²) in [6.07, 6.45) is 0.840. The third kappa shape index (κ3) is 4.73. The Morgan fingerprint density at radius 1 is 0.960 bits per heavy atom. The van der Waals surface area contributed by atoms with E-state index in [2.05, 4.69) is 36.3 Å². The molecule has 4 nitrogen and oxygen atoms in total. The van der Waals surface area contributed by atoms with Crippen LogP contribution in [-0.4, -0.2) is 16.1 Å². The molecule has 3 aromatic rings. The van der Waals surface area contributed by atoms with Crippen LogP contribution in [0.4, 0.5) is 5.13 Å². The molecule has 0 unspecified atom stereocenters. The van der Waals surface area contributed by atoms with Crippen molar-refractivity contribution in [2.75, 3.05) is 5.32 Å². The minimum Gasteiger partial charge on any atom is -0.296 e. The lowest BCUT2D eigenvalue weighted by Gasteiger charge is -2.14. The van der Waals surface area contributed by atoms with E-state index >= 15 is 0 Å². The normalized spacial score (nSPS) is 11.3. The Bertz CT molecular complexity index is 849. The highest BCUT2D eigenvalue weighted by Crippen LogP contribution is 2.25. The van der Waals surface area contributed by atoms with Crippen molar-refractivity contribution in [1.29, 1.82) is 0 Å². The van der Waals surface area contributed by atoms with Crippen LogP contribution in [0.5, 0.6) is 0 Å². The van der Waals surface area contributed by atoms with Gasteiger partial charge in [0.2, 0.25) is 5.13 Å². The maximum Gasteiger partial charge on any atom is 0.257 e. The summed E-state index contributed by atoms with van der Waals surface area (Å²) < 4.78 is 0. The van der Waals surface area contributed by atoms with Crippen molar-refractivity contribution in [3.05, 3.63) is 65.2 Å². The lowest BCUT2D eigenvalue weighted by molar-refractivity contribution is 0.102. The van der Waals surface area contributed by atoms with Gasteiger partial charge in [-0.05, 0) is 28.7 Å². The van der Waals surface area contributed by atoms with Gasteiger partial charge in [0.1, 0.15) is 5.01 Å². The van der Waals surface area contributed by atoms with Gasteiger partial charge in [-0.3, -0.25) is 10.1 Å². The molecule has 5 heteroatoms. The molecule has 3 rings (SSSR count). The number of nitrogens with zero attached hydrogens (tertiary/aromatic N) is 2. The van der Waals surface area contributed by atoms with Gasteiger partial charge in [-0.1, -0.05) is 74.6 Å². The van der Waals surface area contributed by atoms with Crippen LogP contribution < -0.4 is 5.32 Å². The summed E-state index contributed by atoms with van der Waals surface area (Å²) in [6, 6.07) is 17.6. The molecule has 0 aliphatic rings. The molecule has 1 heterocycles. The van der Waals surface area contributed by atoms with Crippen LogP contribution in [0, 0.1) is 5.41 Å². The maximum atomic E-state index is 12.4. The molecule has 0 aliphatic heterocycles. The Morgan fingerprint density at radius 3 is 2.24 bits per heavy atom. The molecule has 0 fully saturated rings. The van der Waals surface area contributed by atoms with E-state index in [0.717, 1.165) is 22.6 Å². The van der Waals surface area contributed by atoms with E-state index in [1.807, 2.05) is 54.6 Å². The second kappa shape index (κ2) is 7.15. The van der Waals surface area contributed by atoms with E-state index in [1.54, 1.807) is 0 Å². The van der Waals surface area contributed by atoms with Crippen molar-refractivity contribution in [3.63, 3.8) is 0 Å². The Morgan fingerprint density at radius 2 is 1.60 bits per heavy atom. The van der Waals surface area contributed by atoms with Gasteiger partial charge >= 0.3 is 0 Å². The first-order chi connectivity index (χ1) is 11.9. The number of nitrogens with one attached hydrogen (secondary N) is 1. The summed E-state index contributed by atoms with van der Waals surface area (Å²) in [5, 5.41) is 12.5. The van der Waals surface area contributed by atoms with Gasteiger partial charge in [-0.15, -0.1) is 10.2 Å². The number of carbonyl (C=O) groups is 1. The predicted octanol–water partition coefficient (Wildman–Crippen LogP) is 5.05. The third-order valence-electron chi connectivity index (χ3n) is 3.62. The zero-order chi connectivity index (χ0) is 17.9. The Hall–Kier alpha value is -2.53. The smallest absolute Gasteiger partial charge is 0.257 e. The quantitative estimate of drug-likeness (QED) is 0.716. The van der Waals surface area contributed by atoms with Crippen LogP contribution >= 0.6 is 11.3 Å². The van der Waals surface area contributed by atoms with Gasteiger partial charge in [0.25, 0.3) is 5.91 Å². The molecule has 1 N–H and O–H groups in total. The summed E-state index contributed by atoms with van der Waals surface area (Å²) >= 11 is 1.43. The topological polar surface area (TPSA) is 54.9 Å². The SMILES string of the molecule is CC(C)(C)Cc1nnc(NC(=O)c2ccc(-c3ccccc3)cc2)s1. The molecule has 0 radical (unpaired) electrons. The van der Waals surface area contributed by atoms with Gasteiger partial charge < -0.3 is 0 Å². The predicted molar refractivity (Wildman–Crippen MR) is 103 cm³/mol. The molecule has 0 saturated carbocycles. The second-order valence-corrected chi connectivity index (χ2v) is 8.20. The first kappa shape index (κ1) is 17.3. The van der Waals surface area contributed by atoms with Crippen LogP contribution in [0.2, 0.25) is 0 Å². The minimum absolute atomic E-state index is 0.147. The molecular weight excluding hydrogens is 330 g/mol. The molecule has 0 bridgehead atoms. The first-order valence-corrected chi connectivity index (χ1v) is 9.02. The van der Waals surface area contributed by atoms with E-state index in [0.29, 0.717) is 10.7 Å². The molecule has 128 valence electrons. The maximum absolute atomic E-state index is 12.4. The highest BCUT2D eigenvalue weighted by atomic mass is 32.1. The number of benzene rings is 2. The monoisotopic (exact) mass is 351 g/mol. The zero-order valence-corrected chi connectivity index (χ0v) is 15.4. The molecule has 0 saturated heterocycles. The summed E-state index contributed by atoms with van der Waals surface area (Å²) in [5.74, 6) is -0.168. The zero-order valence-electron chi connectivity index (χ0n) is 14.6. The molecule has 0 aliphatic carbocycles. The molecule has 1 aromatic heterocycles. The highest BCUT2D eigenvalue weighted by Gasteiger charge is 2.16. The minimum atomic E-state index is -0.168. The number of hydrogen-bond acceptors (Lipinski definition) is 4. The molecule has 0 atom stereocenters. The average Bonchev–Trinajstić information content (AvgIpc) is 3.00. The number of amides is 1. The number of anilines is 1. The fourth-order valence-electron chi connectivity index (χ4n) is 2.44. The van der Waals surface area contributed by atoms with E-state index in [4.69, 9.17) is 0 Å². The van der Waals surface area contributed by atoms with Gasteiger partial charge in [0.15, 0.2) is 0 Å². The lowest BCUT2D eigenvalue weighted by atomic mass is 9.93. The molecule has 1 amide bonds. The second-order valence-electron chi connectivity index (χ2n) is 7.14. The van der Waals surface area contributed by atoms with Crippen LogP contribution in [0.1, 0.15) is 36.1 Å². The third-order valence-corrected chi connectivity index (χ3v) is 4.46. The standard InChI is InChI=1S/C20H21N3OS/c1-20(2,3)13-17-22-23-19(25-17)21-18(24)16-11-9-15(10-12-16)14-7-5-4-6-8-14/h4-12H,13H2,1-3H3,(H,21,23,24). The van der Waals surface area contributed by atoms with Crippen molar-refractivity contribution in [3.8, 4) is 11.1 Å². The van der Waals surface area contributed by atoms with Crippen LogP contribution in [0.3, 0.4) is 0 Å². The fourth-order valence-corrected chi connectivity index (χ4v) is 3.48. The van der Waals surface area contributed by atoms with Gasteiger partial charge in [0.05, 0.1) is 0 Å². The van der Waals surface area contributed by atoms with Crippen LogP contribution in [0.15, 0.2) is 54.6 Å². The van der Waals surface area contributed by atoms with Crippen molar-refractivity contribution in [1.82, 2.24) is 10.2 Å². The Kier molecular flexibility index (Phi) is 4.95. The molecule has 25 heavy (non-hydrogen) atoms. The number of hydrogen-bond donors (Lipinski definition) is 1. The van der Waals surface area contributed by atoms with Crippen LogP contribution in [0.25, 0.3) is 11.1 Å². The van der Waals surface area contributed by atoms with Crippen molar-refractivity contribution < 1.29 is 4.79 Å². The van der Waals surface area contributed by atoms with E-state index in [-0.39, 0.29) is 11.3 Å². The van der Waals surface area contributed by atoms with Crippen molar-refractivity contribution >= 4 is 22.4 Å². The summed E-state index contributed by atoms with van der Waals surface area (Å²) in [7, 11) is 0. The lowest BCUT2D eigenvalue weighted by Crippen LogP contribution is -2.11. The molecule has 2 aromatic carbocycles. The van der Waals surface area contributed by atoms with E-state index in [9.17, 15) is 4.79 Å². The number of rotatable bonds is 4. The van der Waals surface area contributed by atoms with Gasteiger partial charge in [-0.25, -0.2) is 0 Å². The average molecular weight is 351 g/mol. The Labute approximate surface area is 151 Å². The van der Waals surface area contributed by atoms with Crippen molar-refractivity contribution in [2.45, 2.75) is 27.2 Å². The largest absolute Gasteiger partial charge is 0.296 e.